The van der Waals surface area contributed by atoms with Crippen molar-refractivity contribution < 1.29 is 0 Å². The van der Waals surface area contributed by atoms with Gasteiger partial charge in [0, 0.05) is 39.4 Å². The number of aryl methyl sites for hydroxylation is 2. The zero-order valence-corrected chi connectivity index (χ0v) is 12.0. The summed E-state index contributed by atoms with van der Waals surface area (Å²) in [6.07, 6.45) is 3.18. The van der Waals surface area contributed by atoms with Crippen molar-refractivity contribution in [1.29, 1.82) is 0 Å². The molecule has 2 aromatic rings. The molecule has 0 fully saturated rings. The van der Waals surface area contributed by atoms with Crippen LogP contribution in [-0.4, -0.2) is 23.9 Å². The van der Waals surface area contributed by atoms with E-state index in [0.29, 0.717) is 12.1 Å². The Morgan fingerprint density at radius 1 is 1.25 bits per heavy atom. The van der Waals surface area contributed by atoms with Gasteiger partial charge in [-0.1, -0.05) is 0 Å². The highest BCUT2D eigenvalue weighted by Crippen LogP contribution is 2.07. The molecule has 2 aromatic heterocycles. The highest BCUT2D eigenvalue weighted by Gasteiger charge is 2.12. The van der Waals surface area contributed by atoms with Crippen LogP contribution in [0.5, 0.6) is 0 Å². The van der Waals surface area contributed by atoms with Crippen molar-refractivity contribution in [1.82, 2.24) is 29.2 Å². The lowest BCUT2D eigenvalue weighted by molar-refractivity contribution is 0.520. The second-order valence-corrected chi connectivity index (χ2v) is 4.81. The first-order valence-corrected chi connectivity index (χ1v) is 6.24. The summed E-state index contributed by atoms with van der Waals surface area (Å²) in [4.78, 5) is 23.6. The second kappa shape index (κ2) is 5.41. The van der Waals surface area contributed by atoms with E-state index in [1.807, 2.05) is 18.5 Å². The van der Waals surface area contributed by atoms with Crippen molar-refractivity contribution in [3.05, 3.63) is 44.8 Å². The molecule has 0 radical (unpaired) electrons. The smallest absolute Gasteiger partial charge is 0.319 e. The van der Waals surface area contributed by atoms with Crippen LogP contribution in [-0.2, 0) is 27.7 Å². The fraction of sp³-hybridized carbons (Fsp3) is 0.500. The van der Waals surface area contributed by atoms with E-state index in [4.69, 9.17) is 0 Å². The minimum atomic E-state index is -0.333. The Bertz CT molecular complexity index is 726. The summed E-state index contributed by atoms with van der Waals surface area (Å²) in [5.41, 5.74) is -0.0884. The van der Waals surface area contributed by atoms with Crippen LogP contribution in [0.2, 0.25) is 0 Å². The summed E-state index contributed by atoms with van der Waals surface area (Å²) in [6, 6.07) is -0.0514. The highest BCUT2D eigenvalue weighted by molar-refractivity contribution is 5.06. The van der Waals surface area contributed by atoms with E-state index in [1.54, 1.807) is 19.6 Å². The summed E-state index contributed by atoms with van der Waals surface area (Å²) in [5, 5.41) is 11.0. The van der Waals surface area contributed by atoms with Crippen LogP contribution >= 0.6 is 0 Å². The van der Waals surface area contributed by atoms with Gasteiger partial charge in [0.1, 0.15) is 12.2 Å². The Kier molecular flexibility index (Phi) is 3.84. The molecule has 1 N–H and O–H groups in total. The van der Waals surface area contributed by atoms with Crippen LogP contribution in [0, 0.1) is 0 Å². The van der Waals surface area contributed by atoms with E-state index in [1.165, 1.54) is 11.6 Å². The molecule has 2 heterocycles. The molecule has 8 nitrogen and oxygen atoms in total. The maximum Gasteiger partial charge on any atom is 0.330 e. The van der Waals surface area contributed by atoms with E-state index in [2.05, 4.69) is 15.5 Å². The first-order valence-electron chi connectivity index (χ1n) is 6.24. The fourth-order valence-corrected chi connectivity index (χ4v) is 2.04. The zero-order chi connectivity index (χ0) is 14.9. The Balaban J connectivity index is 2.18. The van der Waals surface area contributed by atoms with Gasteiger partial charge in [-0.2, -0.15) is 0 Å². The van der Waals surface area contributed by atoms with Crippen LogP contribution in [0.25, 0.3) is 0 Å². The standard InChI is InChI=1S/C12H18N6O2/c1-8(10-15-14-7-17(10)3)13-5-9-6-16(2)12(20)18(4)11(9)19/h6-8,13H,5H2,1-4H3. The van der Waals surface area contributed by atoms with Crippen molar-refractivity contribution >= 4 is 0 Å². The minimum Gasteiger partial charge on any atom is -0.319 e. The molecule has 0 saturated carbocycles. The van der Waals surface area contributed by atoms with Crippen molar-refractivity contribution in [2.24, 2.45) is 21.1 Å². The number of hydrogen-bond acceptors (Lipinski definition) is 5. The lowest BCUT2D eigenvalue weighted by Crippen LogP contribution is -2.39. The molecule has 0 aromatic carbocycles. The average Bonchev–Trinajstić information content (AvgIpc) is 2.85. The van der Waals surface area contributed by atoms with Gasteiger partial charge in [0.15, 0.2) is 0 Å². The van der Waals surface area contributed by atoms with Crippen molar-refractivity contribution in [3.8, 4) is 0 Å². The normalized spacial score (nSPS) is 12.6. The molecule has 0 bridgehead atoms. The zero-order valence-electron chi connectivity index (χ0n) is 12.0. The van der Waals surface area contributed by atoms with E-state index < -0.39 is 0 Å². The fourth-order valence-electron chi connectivity index (χ4n) is 2.04. The predicted octanol–water partition coefficient (Wildman–Crippen LogP) is -0.937. The molecule has 1 atom stereocenters. The van der Waals surface area contributed by atoms with Crippen molar-refractivity contribution in [3.63, 3.8) is 0 Å². The van der Waals surface area contributed by atoms with E-state index in [0.717, 1.165) is 10.4 Å². The lowest BCUT2D eigenvalue weighted by atomic mass is 10.2. The average molecular weight is 278 g/mol. The van der Waals surface area contributed by atoms with Crippen LogP contribution in [0.15, 0.2) is 22.1 Å². The first-order chi connectivity index (χ1) is 9.41. The highest BCUT2D eigenvalue weighted by atomic mass is 16.2. The largest absolute Gasteiger partial charge is 0.330 e. The number of rotatable bonds is 4. The van der Waals surface area contributed by atoms with E-state index in [9.17, 15) is 9.59 Å². The molecule has 20 heavy (non-hydrogen) atoms. The third-order valence-corrected chi connectivity index (χ3v) is 3.25. The van der Waals surface area contributed by atoms with Crippen LogP contribution < -0.4 is 16.6 Å². The van der Waals surface area contributed by atoms with Crippen molar-refractivity contribution in [2.45, 2.75) is 19.5 Å². The maximum absolute atomic E-state index is 12.0. The number of hydrogen-bond donors (Lipinski definition) is 1. The third-order valence-electron chi connectivity index (χ3n) is 3.25. The molecule has 8 heteroatoms. The third kappa shape index (κ3) is 2.55. The monoisotopic (exact) mass is 278 g/mol. The Morgan fingerprint density at radius 2 is 1.95 bits per heavy atom. The molecule has 2 rings (SSSR count). The molecule has 0 aliphatic rings. The van der Waals surface area contributed by atoms with Crippen molar-refractivity contribution in [2.75, 3.05) is 0 Å². The van der Waals surface area contributed by atoms with Gasteiger partial charge in [0.2, 0.25) is 0 Å². The summed E-state index contributed by atoms with van der Waals surface area (Å²) in [5.74, 6) is 0.784. The lowest BCUT2D eigenvalue weighted by Gasteiger charge is -2.13. The Morgan fingerprint density at radius 3 is 2.55 bits per heavy atom. The molecule has 0 saturated heterocycles. The van der Waals surface area contributed by atoms with Crippen LogP contribution in [0.1, 0.15) is 24.4 Å². The topological polar surface area (TPSA) is 86.7 Å². The Labute approximate surface area is 115 Å². The summed E-state index contributed by atoms with van der Waals surface area (Å²) >= 11 is 0. The molecule has 0 spiro atoms. The number of nitrogens with zero attached hydrogens (tertiary/aromatic N) is 5. The molecule has 0 aliphatic carbocycles. The Hall–Kier alpha value is -2.22. The summed E-state index contributed by atoms with van der Waals surface area (Å²) < 4.78 is 4.31. The van der Waals surface area contributed by atoms with Gasteiger partial charge in [-0.3, -0.25) is 9.36 Å². The summed E-state index contributed by atoms with van der Waals surface area (Å²) in [7, 11) is 4.95. The molecule has 1 unspecified atom stereocenters. The molecular weight excluding hydrogens is 260 g/mol. The van der Waals surface area contributed by atoms with E-state index in [-0.39, 0.29) is 17.3 Å². The first kappa shape index (κ1) is 14.2. The molecule has 0 amide bonds. The molecule has 108 valence electrons. The maximum atomic E-state index is 12.0. The van der Waals surface area contributed by atoms with Gasteiger partial charge in [0.25, 0.3) is 5.56 Å². The molecule has 0 aliphatic heterocycles. The van der Waals surface area contributed by atoms with Gasteiger partial charge in [-0.25, -0.2) is 4.79 Å². The predicted molar refractivity (Wildman–Crippen MR) is 73.2 cm³/mol. The van der Waals surface area contributed by atoms with Crippen LogP contribution in [0.3, 0.4) is 0 Å². The second-order valence-electron chi connectivity index (χ2n) is 4.81. The van der Waals surface area contributed by atoms with Gasteiger partial charge >= 0.3 is 5.69 Å². The van der Waals surface area contributed by atoms with Gasteiger partial charge < -0.3 is 14.5 Å². The number of nitrogens with one attached hydrogen (secondary N) is 1. The SMILES string of the molecule is CC(NCc1cn(C)c(=O)n(C)c1=O)c1nncn1C. The number of aromatic nitrogens is 5. The van der Waals surface area contributed by atoms with Gasteiger partial charge in [0.05, 0.1) is 6.04 Å². The molecular formula is C12H18N6O2. The van der Waals surface area contributed by atoms with Gasteiger partial charge in [-0.15, -0.1) is 10.2 Å². The summed E-state index contributed by atoms with van der Waals surface area (Å²) in [6.45, 7) is 2.30. The minimum absolute atomic E-state index is 0.0514. The van der Waals surface area contributed by atoms with Gasteiger partial charge in [-0.05, 0) is 6.92 Å². The quantitative estimate of drug-likeness (QED) is 0.780. The van der Waals surface area contributed by atoms with Crippen LogP contribution in [0.4, 0.5) is 0 Å². The van der Waals surface area contributed by atoms with E-state index >= 15 is 0 Å².